The Hall–Kier alpha value is -2.24. The van der Waals surface area contributed by atoms with Crippen LogP contribution in [0.15, 0.2) is 48.3 Å². The zero-order valence-electron chi connectivity index (χ0n) is 17.7. The van der Waals surface area contributed by atoms with Crippen molar-refractivity contribution >= 4 is 12.0 Å². The first-order valence-corrected chi connectivity index (χ1v) is 11.5. The van der Waals surface area contributed by atoms with Gasteiger partial charge in [-0.3, -0.25) is 4.90 Å². The molecular formula is C25H32N4O. The van der Waals surface area contributed by atoms with Crippen molar-refractivity contribution in [2.24, 2.45) is 0 Å². The van der Waals surface area contributed by atoms with Crippen LogP contribution < -0.4 is 4.90 Å². The number of benzene rings is 1. The number of hydrogen-bond acceptors (Lipinski definition) is 5. The zero-order valence-corrected chi connectivity index (χ0v) is 17.7. The topological polar surface area (TPSA) is 52.5 Å². The molecule has 2 saturated heterocycles. The fraction of sp³-hybridized carbons (Fsp3) is 0.520. The summed E-state index contributed by atoms with van der Waals surface area (Å²) in [7, 11) is 0. The molecule has 2 aromatic rings. The Bertz CT molecular complexity index is 858. The molecule has 3 aliphatic rings. The molecule has 1 aromatic carbocycles. The number of nitrogens with zero attached hydrogens (tertiary/aromatic N) is 4. The lowest BCUT2D eigenvalue weighted by Crippen LogP contribution is -2.43. The highest BCUT2D eigenvalue weighted by molar-refractivity contribution is 5.54. The van der Waals surface area contributed by atoms with Gasteiger partial charge in [-0.15, -0.1) is 0 Å². The molecule has 0 bridgehead atoms. The first kappa shape index (κ1) is 19.7. The van der Waals surface area contributed by atoms with Crippen LogP contribution in [-0.4, -0.2) is 52.2 Å². The molecule has 1 N–H and O–H groups in total. The van der Waals surface area contributed by atoms with Gasteiger partial charge in [0.2, 0.25) is 5.95 Å². The number of likely N-dealkylation sites (tertiary alicyclic amines) is 1. The highest BCUT2D eigenvalue weighted by Gasteiger charge is 2.34. The lowest BCUT2D eigenvalue weighted by Gasteiger charge is -2.40. The van der Waals surface area contributed by atoms with Crippen molar-refractivity contribution < 1.29 is 5.11 Å². The second kappa shape index (κ2) is 8.48. The van der Waals surface area contributed by atoms with Gasteiger partial charge < -0.3 is 10.0 Å². The first-order valence-electron chi connectivity index (χ1n) is 11.5. The van der Waals surface area contributed by atoms with Gasteiger partial charge in [0.05, 0.1) is 5.60 Å². The largest absolute Gasteiger partial charge is 0.385 e. The van der Waals surface area contributed by atoms with Crippen LogP contribution in [-0.2, 0) is 5.60 Å². The molecule has 3 heterocycles. The minimum Gasteiger partial charge on any atom is -0.385 e. The predicted octanol–water partition coefficient (Wildman–Crippen LogP) is 4.00. The number of anilines is 1. The Morgan fingerprint density at radius 1 is 0.933 bits per heavy atom. The predicted molar refractivity (Wildman–Crippen MR) is 120 cm³/mol. The Morgan fingerprint density at radius 3 is 2.20 bits per heavy atom. The highest BCUT2D eigenvalue weighted by atomic mass is 16.3. The Morgan fingerprint density at radius 2 is 1.60 bits per heavy atom. The summed E-state index contributed by atoms with van der Waals surface area (Å²) in [6.07, 6.45) is 13.9. The Kier molecular flexibility index (Phi) is 5.57. The van der Waals surface area contributed by atoms with Crippen molar-refractivity contribution in [3.8, 4) is 0 Å². The van der Waals surface area contributed by atoms with Gasteiger partial charge in [-0.25, -0.2) is 9.97 Å². The summed E-state index contributed by atoms with van der Waals surface area (Å²) in [6, 6.07) is 11.3. The number of hydrogen-bond donors (Lipinski definition) is 1. The van der Waals surface area contributed by atoms with Gasteiger partial charge in [-0.1, -0.05) is 42.3 Å². The molecule has 1 saturated carbocycles. The molecule has 158 valence electrons. The van der Waals surface area contributed by atoms with Crippen molar-refractivity contribution in [1.29, 1.82) is 0 Å². The number of rotatable bonds is 4. The van der Waals surface area contributed by atoms with Crippen LogP contribution in [0.4, 0.5) is 5.95 Å². The molecule has 30 heavy (non-hydrogen) atoms. The minimum atomic E-state index is -0.759. The maximum Gasteiger partial charge on any atom is 0.225 e. The summed E-state index contributed by atoms with van der Waals surface area (Å²) < 4.78 is 0. The van der Waals surface area contributed by atoms with Crippen LogP contribution in [0.25, 0.3) is 6.08 Å². The van der Waals surface area contributed by atoms with E-state index in [-0.39, 0.29) is 0 Å². The normalized spacial score (nSPS) is 22.6. The Balaban J connectivity index is 1.19. The molecule has 0 amide bonds. The van der Waals surface area contributed by atoms with Crippen molar-refractivity contribution in [1.82, 2.24) is 14.9 Å². The summed E-state index contributed by atoms with van der Waals surface area (Å²) in [5.74, 6) is 0.755. The fourth-order valence-electron chi connectivity index (χ4n) is 5.02. The third-order valence-corrected chi connectivity index (χ3v) is 7.28. The van der Waals surface area contributed by atoms with Gasteiger partial charge in [-0.05, 0) is 55.7 Å². The summed E-state index contributed by atoms with van der Waals surface area (Å²) in [6.45, 7) is 3.97. The van der Waals surface area contributed by atoms with Gasteiger partial charge in [0.25, 0.3) is 0 Å². The van der Waals surface area contributed by atoms with Gasteiger partial charge >= 0.3 is 0 Å². The first-order chi connectivity index (χ1) is 14.7. The fourth-order valence-corrected chi connectivity index (χ4v) is 5.02. The SMILES string of the molecule is OC1(c2ccc(C=C3CCN(C4CCC4)CC3)cc2)CCN(c2ncccn2)CC1. The van der Waals surface area contributed by atoms with Gasteiger partial charge in [0, 0.05) is 44.6 Å². The smallest absolute Gasteiger partial charge is 0.225 e. The number of aromatic nitrogens is 2. The van der Waals surface area contributed by atoms with Gasteiger partial charge in [0.15, 0.2) is 0 Å². The van der Waals surface area contributed by atoms with Gasteiger partial charge in [0.1, 0.15) is 0 Å². The Labute approximate surface area is 179 Å². The monoisotopic (exact) mass is 404 g/mol. The van der Waals surface area contributed by atoms with Crippen LogP contribution in [0.3, 0.4) is 0 Å². The minimum absolute atomic E-state index is 0.697. The van der Waals surface area contributed by atoms with Crippen LogP contribution in [0.1, 0.15) is 56.1 Å². The van der Waals surface area contributed by atoms with Crippen LogP contribution in [0, 0.1) is 0 Å². The van der Waals surface area contributed by atoms with E-state index in [1.54, 1.807) is 18.0 Å². The lowest BCUT2D eigenvalue weighted by molar-refractivity contribution is 0.0115. The average Bonchev–Trinajstić information content (AvgIpc) is 2.75. The van der Waals surface area contributed by atoms with Crippen molar-refractivity contribution in [2.75, 3.05) is 31.1 Å². The zero-order chi connectivity index (χ0) is 20.4. The van der Waals surface area contributed by atoms with Crippen molar-refractivity contribution in [2.45, 2.75) is 56.6 Å². The molecule has 0 atom stereocenters. The summed E-state index contributed by atoms with van der Waals surface area (Å²) >= 11 is 0. The molecule has 1 aliphatic carbocycles. The van der Waals surface area contributed by atoms with E-state index in [9.17, 15) is 5.11 Å². The van der Waals surface area contributed by atoms with E-state index in [4.69, 9.17) is 0 Å². The summed E-state index contributed by atoms with van der Waals surface area (Å²) in [5, 5.41) is 11.2. The molecule has 0 spiro atoms. The van der Waals surface area contributed by atoms with Crippen LogP contribution >= 0.6 is 0 Å². The third kappa shape index (κ3) is 4.14. The van der Waals surface area contributed by atoms with E-state index in [1.807, 2.05) is 6.07 Å². The standard InChI is InChI=1S/C25H32N4O/c30-25(11-17-29(18-12-25)24-26-13-2-14-27-24)22-7-5-20(6-8-22)19-21-9-15-28(16-10-21)23-3-1-4-23/h2,5-8,13-14,19,23,30H,1,3-4,9-12,15-18H2. The van der Waals surface area contributed by atoms with E-state index < -0.39 is 5.60 Å². The third-order valence-electron chi connectivity index (χ3n) is 7.28. The molecule has 5 heteroatoms. The van der Waals surface area contributed by atoms with E-state index in [1.165, 1.54) is 50.8 Å². The number of piperidine rings is 2. The van der Waals surface area contributed by atoms with E-state index in [2.05, 4.69) is 50.1 Å². The maximum atomic E-state index is 11.2. The molecular weight excluding hydrogens is 372 g/mol. The molecule has 0 radical (unpaired) electrons. The summed E-state index contributed by atoms with van der Waals surface area (Å²) in [4.78, 5) is 13.5. The van der Waals surface area contributed by atoms with Crippen LogP contribution in [0.2, 0.25) is 0 Å². The molecule has 1 aromatic heterocycles. The number of aliphatic hydroxyl groups is 1. The average molecular weight is 405 g/mol. The van der Waals surface area contributed by atoms with E-state index in [0.717, 1.165) is 30.6 Å². The molecule has 2 aliphatic heterocycles. The van der Waals surface area contributed by atoms with E-state index >= 15 is 0 Å². The highest BCUT2D eigenvalue weighted by Crippen LogP contribution is 2.34. The molecule has 5 nitrogen and oxygen atoms in total. The molecule has 3 fully saturated rings. The molecule has 5 rings (SSSR count). The maximum absolute atomic E-state index is 11.2. The van der Waals surface area contributed by atoms with Crippen molar-refractivity contribution in [3.63, 3.8) is 0 Å². The lowest BCUT2D eigenvalue weighted by atomic mass is 9.84. The molecule has 0 unspecified atom stereocenters. The van der Waals surface area contributed by atoms with E-state index in [0.29, 0.717) is 12.8 Å². The van der Waals surface area contributed by atoms with Gasteiger partial charge in [-0.2, -0.15) is 0 Å². The summed E-state index contributed by atoms with van der Waals surface area (Å²) in [5.41, 5.74) is 3.08. The second-order valence-electron chi connectivity index (χ2n) is 9.11. The van der Waals surface area contributed by atoms with Crippen molar-refractivity contribution in [3.05, 3.63) is 59.4 Å². The second-order valence-corrected chi connectivity index (χ2v) is 9.11. The van der Waals surface area contributed by atoms with Crippen LogP contribution in [0.5, 0.6) is 0 Å². The quantitative estimate of drug-likeness (QED) is 0.835.